The number of nitrogens with one attached hydrogen (secondary N) is 1. The molecule has 0 unspecified atom stereocenters. The maximum atomic E-state index is 12.3. The van der Waals surface area contributed by atoms with Gasteiger partial charge in [0.2, 0.25) is 0 Å². The average molecular weight is 357 g/mol. The van der Waals surface area contributed by atoms with Crippen molar-refractivity contribution in [2.45, 2.75) is 15.5 Å². The van der Waals surface area contributed by atoms with E-state index in [1.165, 1.54) is 0 Å². The SMILES string of the molecule is NCC[Se]CCNS(=O)(=O)c1cccc2ccccc12. The van der Waals surface area contributed by atoms with E-state index in [-0.39, 0.29) is 0 Å². The van der Waals surface area contributed by atoms with Crippen molar-refractivity contribution in [3.8, 4) is 0 Å². The summed E-state index contributed by atoms with van der Waals surface area (Å²) in [4.78, 5) is 0.349. The molecule has 0 saturated carbocycles. The standard InChI is InChI=1S/C14H18N2O2SSe/c15-8-10-20-11-9-16-19(17,18)14-7-3-5-12-4-1-2-6-13(12)14/h1-7,16H,8-11,15H2. The molecule has 0 fully saturated rings. The van der Waals surface area contributed by atoms with Gasteiger partial charge < -0.3 is 0 Å². The van der Waals surface area contributed by atoms with E-state index in [9.17, 15) is 8.42 Å². The molecule has 0 atom stereocenters. The summed E-state index contributed by atoms with van der Waals surface area (Å²) >= 11 is 0.413. The van der Waals surface area contributed by atoms with Crippen molar-refractivity contribution in [2.24, 2.45) is 5.73 Å². The van der Waals surface area contributed by atoms with Crippen molar-refractivity contribution in [3.05, 3.63) is 42.5 Å². The Labute approximate surface area is 126 Å². The fourth-order valence-electron chi connectivity index (χ4n) is 1.94. The molecule has 3 N–H and O–H groups in total. The zero-order valence-corrected chi connectivity index (χ0v) is 13.6. The van der Waals surface area contributed by atoms with Crippen LogP contribution < -0.4 is 10.5 Å². The van der Waals surface area contributed by atoms with Gasteiger partial charge in [-0.1, -0.05) is 0 Å². The predicted octanol–water partition coefficient (Wildman–Crippen LogP) is 1.62. The molecule has 0 amide bonds. The van der Waals surface area contributed by atoms with E-state index in [4.69, 9.17) is 5.73 Å². The van der Waals surface area contributed by atoms with Crippen LogP contribution in [-0.4, -0.2) is 36.5 Å². The number of fused-ring (bicyclic) bond motifs is 1. The number of hydrogen-bond acceptors (Lipinski definition) is 3. The second-order valence-electron chi connectivity index (χ2n) is 4.28. The minimum atomic E-state index is -3.45. The molecule has 4 nitrogen and oxygen atoms in total. The van der Waals surface area contributed by atoms with Crippen molar-refractivity contribution in [1.29, 1.82) is 0 Å². The summed E-state index contributed by atoms with van der Waals surface area (Å²) in [7, 11) is -3.45. The Morgan fingerprint density at radius 3 is 2.60 bits per heavy atom. The quantitative estimate of drug-likeness (QED) is 0.584. The van der Waals surface area contributed by atoms with Crippen LogP contribution in [0.1, 0.15) is 0 Å². The summed E-state index contributed by atoms with van der Waals surface area (Å²) in [6.45, 7) is 1.15. The fourth-order valence-corrected chi connectivity index (χ4v) is 4.79. The van der Waals surface area contributed by atoms with Gasteiger partial charge >= 0.3 is 126 Å². The molecule has 20 heavy (non-hydrogen) atoms. The van der Waals surface area contributed by atoms with E-state index in [0.29, 0.717) is 32.9 Å². The average Bonchev–Trinajstić information content (AvgIpc) is 2.46. The first-order valence-electron chi connectivity index (χ1n) is 6.40. The van der Waals surface area contributed by atoms with Crippen LogP contribution in [0, 0.1) is 0 Å². The van der Waals surface area contributed by atoms with Gasteiger partial charge in [-0.05, 0) is 0 Å². The van der Waals surface area contributed by atoms with Crippen molar-refractivity contribution >= 4 is 35.8 Å². The Bertz CT molecular complexity index is 668. The number of sulfonamides is 1. The third-order valence-corrected chi connectivity index (χ3v) is 6.49. The van der Waals surface area contributed by atoms with Gasteiger partial charge in [0.05, 0.1) is 0 Å². The van der Waals surface area contributed by atoms with E-state index in [1.807, 2.05) is 30.3 Å². The summed E-state index contributed by atoms with van der Waals surface area (Å²) in [5, 5.41) is 3.55. The Balaban J connectivity index is 2.15. The van der Waals surface area contributed by atoms with Crippen LogP contribution in [0.15, 0.2) is 47.4 Å². The van der Waals surface area contributed by atoms with E-state index < -0.39 is 10.0 Å². The van der Waals surface area contributed by atoms with E-state index >= 15 is 0 Å². The number of nitrogens with two attached hydrogens (primary N) is 1. The number of rotatable bonds is 7. The Morgan fingerprint density at radius 2 is 1.80 bits per heavy atom. The van der Waals surface area contributed by atoms with E-state index in [0.717, 1.165) is 21.4 Å². The van der Waals surface area contributed by atoms with Crippen molar-refractivity contribution in [1.82, 2.24) is 4.72 Å². The first-order chi connectivity index (χ1) is 9.65. The van der Waals surface area contributed by atoms with Gasteiger partial charge in [0.1, 0.15) is 0 Å². The molecule has 0 radical (unpaired) electrons. The zero-order valence-electron chi connectivity index (χ0n) is 11.1. The molecule has 2 rings (SSSR count). The van der Waals surface area contributed by atoms with Crippen LogP contribution in [0.5, 0.6) is 0 Å². The molecule has 0 bridgehead atoms. The molecule has 6 heteroatoms. The minimum absolute atomic E-state index is 0.349. The Kier molecular flexibility index (Phi) is 5.57. The molecule has 0 aromatic heterocycles. The van der Waals surface area contributed by atoms with Crippen molar-refractivity contribution in [3.63, 3.8) is 0 Å². The monoisotopic (exact) mass is 358 g/mol. The molecule has 0 aliphatic heterocycles. The van der Waals surface area contributed by atoms with Gasteiger partial charge in [0.25, 0.3) is 0 Å². The molecule has 0 heterocycles. The predicted molar refractivity (Wildman–Crippen MR) is 83.6 cm³/mol. The van der Waals surface area contributed by atoms with Crippen LogP contribution in [0.4, 0.5) is 0 Å². The molecule has 2 aromatic rings. The van der Waals surface area contributed by atoms with Crippen LogP contribution in [0.3, 0.4) is 0 Å². The van der Waals surface area contributed by atoms with Crippen LogP contribution in [0.25, 0.3) is 10.8 Å². The molecular formula is C14H18N2O2SSe. The molecule has 108 valence electrons. The molecule has 0 saturated heterocycles. The van der Waals surface area contributed by atoms with Crippen LogP contribution in [-0.2, 0) is 10.0 Å². The number of benzene rings is 2. The van der Waals surface area contributed by atoms with Gasteiger partial charge in [-0.3, -0.25) is 0 Å². The van der Waals surface area contributed by atoms with Crippen molar-refractivity contribution < 1.29 is 8.42 Å². The van der Waals surface area contributed by atoms with Crippen LogP contribution >= 0.6 is 0 Å². The third-order valence-electron chi connectivity index (χ3n) is 2.84. The maximum absolute atomic E-state index is 12.3. The summed E-state index contributed by atoms with van der Waals surface area (Å²) in [6.07, 6.45) is 0. The van der Waals surface area contributed by atoms with E-state index in [2.05, 4.69) is 4.72 Å². The molecule has 0 aliphatic rings. The Hall–Kier alpha value is -0.911. The molecule has 0 spiro atoms. The van der Waals surface area contributed by atoms with Gasteiger partial charge in [-0.25, -0.2) is 0 Å². The first kappa shape index (κ1) is 15.5. The number of hydrogen-bond donors (Lipinski definition) is 2. The van der Waals surface area contributed by atoms with Gasteiger partial charge in [0, 0.05) is 0 Å². The summed E-state index contributed by atoms with van der Waals surface area (Å²) in [5.41, 5.74) is 5.43. The van der Waals surface area contributed by atoms with Gasteiger partial charge in [-0.15, -0.1) is 0 Å². The van der Waals surface area contributed by atoms with Gasteiger partial charge in [-0.2, -0.15) is 0 Å². The fraction of sp³-hybridized carbons (Fsp3) is 0.286. The zero-order chi connectivity index (χ0) is 14.4. The van der Waals surface area contributed by atoms with Crippen molar-refractivity contribution in [2.75, 3.05) is 13.1 Å². The summed E-state index contributed by atoms with van der Waals surface area (Å²) < 4.78 is 27.4. The normalized spacial score (nSPS) is 11.8. The summed E-state index contributed by atoms with van der Waals surface area (Å²) in [6, 6.07) is 12.8. The third kappa shape index (κ3) is 3.81. The Morgan fingerprint density at radius 1 is 1.05 bits per heavy atom. The molecule has 0 aliphatic carbocycles. The van der Waals surface area contributed by atoms with E-state index in [1.54, 1.807) is 12.1 Å². The first-order valence-corrected chi connectivity index (χ1v) is 10.3. The molecule has 2 aromatic carbocycles. The second kappa shape index (κ2) is 7.20. The second-order valence-corrected chi connectivity index (χ2v) is 8.58. The topological polar surface area (TPSA) is 72.2 Å². The van der Waals surface area contributed by atoms with Gasteiger partial charge in [0.15, 0.2) is 0 Å². The van der Waals surface area contributed by atoms with Crippen LogP contribution in [0.2, 0.25) is 10.6 Å². The summed E-state index contributed by atoms with van der Waals surface area (Å²) in [5.74, 6) is 0. The molecular weight excluding hydrogens is 339 g/mol.